The summed E-state index contributed by atoms with van der Waals surface area (Å²) in [5.41, 5.74) is -0.0939. The van der Waals surface area contributed by atoms with Crippen LogP contribution in [0.5, 0.6) is 5.75 Å². The van der Waals surface area contributed by atoms with E-state index in [0.717, 1.165) is 6.26 Å². The molecule has 0 saturated heterocycles. The lowest BCUT2D eigenvalue weighted by molar-refractivity contribution is 0.415. The SMILES string of the molecule is CC(C)(CNCc1cc(Cl)cc(Cl)c1O)NS(C)(=O)=O. The molecule has 0 aliphatic rings. The number of phenolic OH excluding ortho intramolecular Hbond substituents is 1. The van der Waals surface area contributed by atoms with Crippen LogP contribution in [0.1, 0.15) is 19.4 Å². The Morgan fingerprint density at radius 3 is 2.45 bits per heavy atom. The third-order valence-corrected chi connectivity index (χ3v) is 3.88. The van der Waals surface area contributed by atoms with E-state index in [4.69, 9.17) is 23.2 Å². The van der Waals surface area contributed by atoms with Gasteiger partial charge in [0.2, 0.25) is 10.0 Å². The van der Waals surface area contributed by atoms with Gasteiger partial charge in [-0.15, -0.1) is 0 Å². The maximum Gasteiger partial charge on any atom is 0.209 e. The molecule has 0 aliphatic carbocycles. The number of nitrogens with one attached hydrogen (secondary N) is 2. The molecule has 0 heterocycles. The Hall–Kier alpha value is -0.530. The van der Waals surface area contributed by atoms with E-state index >= 15 is 0 Å². The molecule has 0 fully saturated rings. The number of halogens is 2. The summed E-state index contributed by atoms with van der Waals surface area (Å²) in [4.78, 5) is 0. The van der Waals surface area contributed by atoms with Gasteiger partial charge in [-0.3, -0.25) is 0 Å². The first kappa shape index (κ1) is 17.5. The Morgan fingerprint density at radius 1 is 1.30 bits per heavy atom. The second kappa shape index (κ2) is 6.49. The van der Waals surface area contributed by atoms with Crippen molar-refractivity contribution in [3.8, 4) is 5.75 Å². The van der Waals surface area contributed by atoms with Crippen LogP contribution in [0.3, 0.4) is 0 Å². The monoisotopic (exact) mass is 340 g/mol. The molecule has 114 valence electrons. The molecule has 0 aliphatic heterocycles. The summed E-state index contributed by atoms with van der Waals surface area (Å²) in [5.74, 6) is -0.0301. The van der Waals surface area contributed by atoms with Crippen LogP contribution in [0.25, 0.3) is 0 Å². The number of rotatable bonds is 6. The van der Waals surface area contributed by atoms with Gasteiger partial charge in [-0.2, -0.15) is 0 Å². The lowest BCUT2D eigenvalue weighted by Crippen LogP contribution is -2.49. The summed E-state index contributed by atoms with van der Waals surface area (Å²) >= 11 is 11.7. The van der Waals surface area contributed by atoms with Gasteiger partial charge in [-0.25, -0.2) is 13.1 Å². The number of aromatic hydroxyl groups is 1. The first-order chi connectivity index (χ1) is 9.00. The lowest BCUT2D eigenvalue weighted by atomic mass is 10.1. The fourth-order valence-corrected chi connectivity index (χ4v) is 3.41. The van der Waals surface area contributed by atoms with Crippen LogP contribution in [-0.2, 0) is 16.6 Å². The molecule has 1 rings (SSSR count). The third-order valence-electron chi connectivity index (χ3n) is 2.45. The van der Waals surface area contributed by atoms with Gasteiger partial charge in [-0.05, 0) is 26.0 Å². The largest absolute Gasteiger partial charge is 0.506 e. The van der Waals surface area contributed by atoms with Crippen molar-refractivity contribution in [1.82, 2.24) is 10.0 Å². The van der Waals surface area contributed by atoms with Gasteiger partial charge >= 0.3 is 0 Å². The van der Waals surface area contributed by atoms with Crippen molar-refractivity contribution in [1.29, 1.82) is 0 Å². The van der Waals surface area contributed by atoms with Gasteiger partial charge in [-0.1, -0.05) is 23.2 Å². The summed E-state index contributed by atoms with van der Waals surface area (Å²) in [6, 6.07) is 3.06. The summed E-state index contributed by atoms with van der Waals surface area (Å²) in [7, 11) is -3.28. The zero-order valence-corrected chi connectivity index (χ0v) is 13.8. The molecule has 0 unspecified atom stereocenters. The summed E-state index contributed by atoms with van der Waals surface area (Å²) in [6.45, 7) is 4.21. The minimum Gasteiger partial charge on any atom is -0.506 e. The third kappa shape index (κ3) is 5.85. The minimum absolute atomic E-state index is 0.0301. The van der Waals surface area contributed by atoms with E-state index in [2.05, 4.69) is 10.0 Å². The molecule has 0 amide bonds. The molecule has 0 atom stereocenters. The zero-order valence-electron chi connectivity index (χ0n) is 11.5. The number of benzene rings is 1. The average molecular weight is 341 g/mol. The molecule has 5 nitrogen and oxygen atoms in total. The van der Waals surface area contributed by atoms with E-state index in [-0.39, 0.29) is 10.8 Å². The topological polar surface area (TPSA) is 78.4 Å². The van der Waals surface area contributed by atoms with Gasteiger partial charge in [0.05, 0.1) is 11.3 Å². The molecule has 0 spiro atoms. The number of phenols is 1. The van der Waals surface area contributed by atoms with Gasteiger partial charge in [0.15, 0.2) is 0 Å². The molecule has 1 aromatic rings. The predicted molar refractivity (Wildman–Crippen MR) is 81.9 cm³/mol. The van der Waals surface area contributed by atoms with Crippen molar-refractivity contribution >= 4 is 33.2 Å². The second-order valence-electron chi connectivity index (χ2n) is 5.26. The van der Waals surface area contributed by atoms with Crippen LogP contribution in [0.15, 0.2) is 12.1 Å². The van der Waals surface area contributed by atoms with E-state index in [1.807, 2.05) is 0 Å². The van der Waals surface area contributed by atoms with Gasteiger partial charge < -0.3 is 10.4 Å². The Morgan fingerprint density at radius 2 is 1.90 bits per heavy atom. The number of hydrogen-bond donors (Lipinski definition) is 3. The van der Waals surface area contributed by atoms with E-state index in [9.17, 15) is 13.5 Å². The first-order valence-electron chi connectivity index (χ1n) is 5.87. The van der Waals surface area contributed by atoms with E-state index in [0.29, 0.717) is 23.7 Å². The molecule has 0 aromatic heterocycles. The highest BCUT2D eigenvalue weighted by Gasteiger charge is 2.21. The summed E-state index contributed by atoms with van der Waals surface area (Å²) in [6.07, 6.45) is 1.11. The van der Waals surface area contributed by atoms with Crippen molar-refractivity contribution in [3.63, 3.8) is 0 Å². The lowest BCUT2D eigenvalue weighted by Gasteiger charge is -2.25. The van der Waals surface area contributed by atoms with Crippen LogP contribution in [0, 0.1) is 0 Å². The molecular formula is C12H18Cl2N2O3S. The summed E-state index contributed by atoms with van der Waals surface area (Å²) < 4.78 is 24.9. The molecule has 20 heavy (non-hydrogen) atoms. The quantitative estimate of drug-likeness (QED) is 0.741. The maximum atomic E-state index is 11.2. The number of hydrogen-bond acceptors (Lipinski definition) is 4. The van der Waals surface area contributed by atoms with Crippen molar-refractivity contribution in [3.05, 3.63) is 27.7 Å². The number of sulfonamides is 1. The minimum atomic E-state index is -3.28. The second-order valence-corrected chi connectivity index (χ2v) is 7.85. The first-order valence-corrected chi connectivity index (χ1v) is 8.51. The molecule has 0 saturated carbocycles. The van der Waals surface area contributed by atoms with Gasteiger partial charge in [0.1, 0.15) is 5.75 Å². The fourth-order valence-electron chi connectivity index (χ4n) is 1.80. The predicted octanol–water partition coefficient (Wildman–Crippen LogP) is 2.12. The fraction of sp³-hybridized carbons (Fsp3) is 0.500. The molecule has 0 bridgehead atoms. The molecule has 3 N–H and O–H groups in total. The van der Waals surface area contributed by atoms with Crippen LogP contribution in [-0.4, -0.2) is 31.9 Å². The zero-order chi connectivity index (χ0) is 15.6. The Bertz CT molecular complexity index is 589. The van der Waals surface area contributed by atoms with Crippen LogP contribution >= 0.6 is 23.2 Å². The van der Waals surface area contributed by atoms with Crippen molar-refractivity contribution in [2.75, 3.05) is 12.8 Å². The van der Waals surface area contributed by atoms with Gasteiger partial charge in [0.25, 0.3) is 0 Å². The normalized spacial score (nSPS) is 12.7. The van der Waals surface area contributed by atoms with Crippen molar-refractivity contribution in [2.24, 2.45) is 0 Å². The van der Waals surface area contributed by atoms with Crippen molar-refractivity contribution in [2.45, 2.75) is 25.9 Å². The maximum absolute atomic E-state index is 11.2. The summed E-state index contributed by atoms with van der Waals surface area (Å²) in [5, 5.41) is 13.5. The molecule has 1 aromatic carbocycles. The van der Waals surface area contributed by atoms with Gasteiger partial charge in [0, 0.05) is 29.2 Å². The van der Waals surface area contributed by atoms with E-state index in [1.54, 1.807) is 19.9 Å². The van der Waals surface area contributed by atoms with Crippen molar-refractivity contribution < 1.29 is 13.5 Å². The van der Waals surface area contributed by atoms with Crippen LogP contribution < -0.4 is 10.0 Å². The van der Waals surface area contributed by atoms with Crippen LogP contribution in [0.4, 0.5) is 0 Å². The highest BCUT2D eigenvalue weighted by atomic mass is 35.5. The van der Waals surface area contributed by atoms with E-state index in [1.165, 1.54) is 6.07 Å². The standard InChI is InChI=1S/C12H18Cl2N2O3S/c1-12(2,16-20(3,18)19)7-15-6-8-4-9(13)5-10(14)11(8)17/h4-5,15-17H,6-7H2,1-3H3. The average Bonchev–Trinajstić information content (AvgIpc) is 2.21. The Balaban J connectivity index is 2.65. The van der Waals surface area contributed by atoms with Crippen LogP contribution in [0.2, 0.25) is 10.0 Å². The molecule has 0 radical (unpaired) electrons. The smallest absolute Gasteiger partial charge is 0.209 e. The highest BCUT2D eigenvalue weighted by Crippen LogP contribution is 2.30. The highest BCUT2D eigenvalue weighted by molar-refractivity contribution is 7.88. The molecular weight excluding hydrogens is 323 g/mol. The van der Waals surface area contributed by atoms with E-state index < -0.39 is 15.6 Å². The molecule has 8 heteroatoms. The Labute approximate surface area is 129 Å². The Kier molecular flexibility index (Phi) is 5.69.